The molecule has 2 nitrogen and oxygen atoms in total. The zero-order valence-corrected chi connectivity index (χ0v) is 12.3. The molecule has 3 heteroatoms. The Morgan fingerprint density at radius 1 is 1.22 bits per heavy atom. The highest BCUT2D eigenvalue weighted by molar-refractivity contribution is 7.99. The molecule has 0 spiro atoms. The van der Waals surface area contributed by atoms with E-state index in [4.69, 9.17) is 0 Å². The van der Waals surface area contributed by atoms with Gasteiger partial charge in [0.25, 0.3) is 0 Å². The number of anilines is 1. The monoisotopic (exact) mass is 264 g/mol. The first-order valence-electron chi connectivity index (χ1n) is 6.87. The van der Waals surface area contributed by atoms with E-state index in [0.29, 0.717) is 5.25 Å². The van der Waals surface area contributed by atoms with Gasteiger partial charge in [-0.1, -0.05) is 19.1 Å². The maximum atomic E-state index is 3.51. The molecule has 18 heavy (non-hydrogen) atoms. The van der Waals surface area contributed by atoms with Crippen LogP contribution in [-0.2, 0) is 6.54 Å². The standard InChI is InChI=1S/C15H24N2S/c1-13(18-2)11-16-12-14-5-7-15(8-6-14)17-9-3-4-10-17/h5-8,13,16H,3-4,9-12H2,1-2H3. The van der Waals surface area contributed by atoms with Crippen LogP contribution in [0.3, 0.4) is 0 Å². The topological polar surface area (TPSA) is 15.3 Å². The Labute approximate surface area is 115 Å². The van der Waals surface area contributed by atoms with Crippen LogP contribution in [0.5, 0.6) is 0 Å². The zero-order chi connectivity index (χ0) is 12.8. The van der Waals surface area contributed by atoms with Gasteiger partial charge in [-0.25, -0.2) is 0 Å². The molecule has 1 saturated heterocycles. The second kappa shape index (κ2) is 7.05. The van der Waals surface area contributed by atoms with Gasteiger partial charge >= 0.3 is 0 Å². The minimum Gasteiger partial charge on any atom is -0.372 e. The Morgan fingerprint density at radius 2 is 1.89 bits per heavy atom. The van der Waals surface area contributed by atoms with Crippen molar-refractivity contribution in [2.24, 2.45) is 0 Å². The summed E-state index contributed by atoms with van der Waals surface area (Å²) < 4.78 is 0. The number of thioether (sulfide) groups is 1. The van der Waals surface area contributed by atoms with Crippen molar-refractivity contribution in [3.8, 4) is 0 Å². The van der Waals surface area contributed by atoms with Crippen molar-refractivity contribution in [3.63, 3.8) is 0 Å². The summed E-state index contributed by atoms with van der Waals surface area (Å²) in [5, 5.41) is 4.20. The third kappa shape index (κ3) is 3.92. The Bertz CT molecular complexity index is 344. The van der Waals surface area contributed by atoms with Gasteiger partial charge in [0.1, 0.15) is 0 Å². The van der Waals surface area contributed by atoms with Gasteiger partial charge in [-0.05, 0) is 36.8 Å². The molecule has 0 aliphatic carbocycles. The van der Waals surface area contributed by atoms with E-state index in [1.165, 1.54) is 37.2 Å². The van der Waals surface area contributed by atoms with Crippen molar-refractivity contribution in [2.45, 2.75) is 31.6 Å². The molecule has 0 bridgehead atoms. The lowest BCUT2D eigenvalue weighted by atomic mass is 10.2. The lowest BCUT2D eigenvalue weighted by molar-refractivity contribution is 0.684. The van der Waals surface area contributed by atoms with Crippen molar-refractivity contribution in [1.82, 2.24) is 5.32 Å². The van der Waals surface area contributed by atoms with Crippen molar-refractivity contribution >= 4 is 17.4 Å². The summed E-state index contributed by atoms with van der Waals surface area (Å²) in [7, 11) is 0. The number of nitrogens with one attached hydrogen (secondary N) is 1. The van der Waals surface area contributed by atoms with Crippen LogP contribution in [0.25, 0.3) is 0 Å². The molecule has 1 aliphatic heterocycles. The first-order chi connectivity index (χ1) is 8.79. The minimum absolute atomic E-state index is 0.689. The number of nitrogens with zero attached hydrogens (tertiary/aromatic N) is 1. The molecule has 1 aromatic rings. The maximum Gasteiger partial charge on any atom is 0.0366 e. The van der Waals surface area contributed by atoms with E-state index in [1.54, 1.807) is 0 Å². The van der Waals surface area contributed by atoms with Gasteiger partial charge in [-0.15, -0.1) is 0 Å². The highest BCUT2D eigenvalue weighted by atomic mass is 32.2. The number of hydrogen-bond acceptors (Lipinski definition) is 3. The largest absolute Gasteiger partial charge is 0.372 e. The molecule has 1 N–H and O–H groups in total. The van der Waals surface area contributed by atoms with Crippen LogP contribution >= 0.6 is 11.8 Å². The van der Waals surface area contributed by atoms with E-state index >= 15 is 0 Å². The highest BCUT2D eigenvalue weighted by Crippen LogP contribution is 2.20. The van der Waals surface area contributed by atoms with Crippen molar-refractivity contribution in [3.05, 3.63) is 29.8 Å². The fourth-order valence-electron chi connectivity index (χ4n) is 2.30. The molecule has 100 valence electrons. The molecular weight excluding hydrogens is 240 g/mol. The van der Waals surface area contributed by atoms with Crippen LogP contribution in [0, 0.1) is 0 Å². The third-order valence-electron chi connectivity index (χ3n) is 3.57. The Morgan fingerprint density at radius 3 is 2.50 bits per heavy atom. The molecular formula is C15H24N2S. The predicted molar refractivity (Wildman–Crippen MR) is 82.6 cm³/mol. The third-order valence-corrected chi connectivity index (χ3v) is 4.54. The maximum absolute atomic E-state index is 3.51. The van der Waals surface area contributed by atoms with Crippen LogP contribution in [0.15, 0.2) is 24.3 Å². The van der Waals surface area contributed by atoms with Crippen molar-refractivity contribution < 1.29 is 0 Å². The van der Waals surface area contributed by atoms with Crippen LogP contribution < -0.4 is 10.2 Å². The van der Waals surface area contributed by atoms with Gasteiger partial charge < -0.3 is 10.2 Å². The molecule has 1 unspecified atom stereocenters. The summed E-state index contributed by atoms with van der Waals surface area (Å²) in [6.45, 7) is 6.76. The first kappa shape index (κ1) is 13.8. The Hall–Kier alpha value is -0.670. The summed E-state index contributed by atoms with van der Waals surface area (Å²) in [6.07, 6.45) is 4.85. The summed E-state index contributed by atoms with van der Waals surface area (Å²) in [5.74, 6) is 0. The second-order valence-electron chi connectivity index (χ2n) is 5.04. The van der Waals surface area contributed by atoms with E-state index in [-0.39, 0.29) is 0 Å². The van der Waals surface area contributed by atoms with Gasteiger partial charge in [-0.3, -0.25) is 0 Å². The Balaban J connectivity index is 1.80. The van der Waals surface area contributed by atoms with Crippen LogP contribution in [0.1, 0.15) is 25.3 Å². The summed E-state index contributed by atoms with van der Waals surface area (Å²) in [5.41, 5.74) is 2.76. The molecule has 0 radical (unpaired) electrons. The zero-order valence-electron chi connectivity index (χ0n) is 11.5. The second-order valence-corrected chi connectivity index (χ2v) is 6.31. The minimum atomic E-state index is 0.689. The van der Waals surface area contributed by atoms with Gasteiger partial charge in [-0.2, -0.15) is 11.8 Å². The van der Waals surface area contributed by atoms with E-state index in [9.17, 15) is 0 Å². The smallest absolute Gasteiger partial charge is 0.0366 e. The average Bonchev–Trinajstić information content (AvgIpc) is 2.93. The molecule has 1 heterocycles. The van der Waals surface area contributed by atoms with Gasteiger partial charge in [0, 0.05) is 37.1 Å². The molecule has 1 aliphatic rings. The fourth-order valence-corrected chi connectivity index (χ4v) is 2.59. The normalized spacial score (nSPS) is 17.1. The van der Waals surface area contributed by atoms with E-state index in [0.717, 1.165) is 13.1 Å². The first-order valence-corrected chi connectivity index (χ1v) is 8.16. The lowest BCUT2D eigenvalue weighted by Gasteiger charge is -2.18. The quantitative estimate of drug-likeness (QED) is 0.850. The number of benzene rings is 1. The van der Waals surface area contributed by atoms with Crippen molar-refractivity contribution in [1.29, 1.82) is 0 Å². The van der Waals surface area contributed by atoms with E-state index in [1.807, 2.05) is 11.8 Å². The SMILES string of the molecule is CSC(C)CNCc1ccc(N2CCCC2)cc1. The molecule has 2 rings (SSSR count). The molecule has 0 saturated carbocycles. The number of hydrogen-bond donors (Lipinski definition) is 1. The van der Waals surface area contributed by atoms with Crippen LogP contribution in [-0.4, -0.2) is 31.1 Å². The summed E-state index contributed by atoms with van der Waals surface area (Å²) in [4.78, 5) is 2.48. The van der Waals surface area contributed by atoms with Crippen LogP contribution in [0.4, 0.5) is 5.69 Å². The molecule has 0 aromatic heterocycles. The predicted octanol–water partition coefficient (Wildman–Crippen LogP) is 3.13. The summed E-state index contributed by atoms with van der Waals surface area (Å²) in [6, 6.07) is 9.04. The molecule has 1 aromatic carbocycles. The lowest BCUT2D eigenvalue weighted by Crippen LogP contribution is -2.22. The molecule has 1 atom stereocenters. The number of rotatable bonds is 6. The van der Waals surface area contributed by atoms with Crippen LogP contribution in [0.2, 0.25) is 0 Å². The fraction of sp³-hybridized carbons (Fsp3) is 0.600. The van der Waals surface area contributed by atoms with E-state index in [2.05, 4.69) is 47.7 Å². The van der Waals surface area contributed by atoms with Crippen molar-refractivity contribution in [2.75, 3.05) is 30.8 Å². The van der Waals surface area contributed by atoms with Gasteiger partial charge in [0.05, 0.1) is 0 Å². The molecule has 1 fully saturated rings. The Kier molecular flexibility index (Phi) is 5.39. The van der Waals surface area contributed by atoms with Gasteiger partial charge in [0.2, 0.25) is 0 Å². The summed E-state index contributed by atoms with van der Waals surface area (Å²) >= 11 is 1.91. The van der Waals surface area contributed by atoms with Gasteiger partial charge in [0.15, 0.2) is 0 Å². The average molecular weight is 264 g/mol. The highest BCUT2D eigenvalue weighted by Gasteiger charge is 2.11. The van der Waals surface area contributed by atoms with E-state index < -0.39 is 0 Å². The molecule has 0 amide bonds.